The van der Waals surface area contributed by atoms with Gasteiger partial charge >= 0.3 is 5.97 Å². The van der Waals surface area contributed by atoms with Crippen LogP contribution in [0.1, 0.15) is 20.3 Å². The molecule has 14 heavy (non-hydrogen) atoms. The first kappa shape index (κ1) is 16.5. The number of thioether (sulfide) groups is 1. The van der Waals surface area contributed by atoms with Crippen molar-refractivity contribution >= 4 is 30.1 Å². The van der Waals surface area contributed by atoms with Gasteiger partial charge in [0.25, 0.3) is 0 Å². The Balaban J connectivity index is 0. The van der Waals surface area contributed by atoms with Crippen LogP contribution in [0.4, 0.5) is 0 Å². The molecule has 0 saturated carbocycles. The second kappa shape index (κ2) is 9.62. The lowest BCUT2D eigenvalue weighted by atomic mass is 10.2. The molecule has 0 fully saturated rings. The minimum absolute atomic E-state index is 0. The topological polar surface area (TPSA) is 40.5 Å². The first-order valence-corrected chi connectivity index (χ1v) is 5.73. The molecule has 5 heteroatoms. The summed E-state index contributed by atoms with van der Waals surface area (Å²) in [7, 11) is 1.86. The van der Waals surface area contributed by atoms with Crippen LogP contribution in [0.2, 0.25) is 0 Å². The van der Waals surface area contributed by atoms with Gasteiger partial charge in [0.1, 0.15) is 0 Å². The molecule has 0 aliphatic rings. The maximum absolute atomic E-state index is 10.4. The molecule has 0 aromatic rings. The van der Waals surface area contributed by atoms with Crippen LogP contribution in [0, 0.1) is 0 Å². The number of carboxylic acids is 1. The highest BCUT2D eigenvalue weighted by Crippen LogP contribution is 2.07. The number of aliphatic carboxylic acids is 1. The van der Waals surface area contributed by atoms with E-state index in [-0.39, 0.29) is 19.0 Å². The van der Waals surface area contributed by atoms with Gasteiger partial charge in [-0.15, -0.1) is 12.4 Å². The zero-order chi connectivity index (χ0) is 10.3. The summed E-state index contributed by atoms with van der Waals surface area (Å²) in [5.41, 5.74) is 0. The molecule has 1 N–H and O–H groups in total. The highest BCUT2D eigenvalue weighted by atomic mass is 35.5. The average Bonchev–Trinajstić information content (AvgIpc) is 2.03. The highest BCUT2D eigenvalue weighted by molar-refractivity contribution is 7.99. The number of carboxylic acid groups (broad SMARTS) is 1. The molecule has 0 aliphatic carbocycles. The van der Waals surface area contributed by atoms with E-state index in [1.807, 2.05) is 23.7 Å². The molecule has 0 spiro atoms. The van der Waals surface area contributed by atoms with Gasteiger partial charge in [0, 0.05) is 6.04 Å². The Morgan fingerprint density at radius 3 is 2.57 bits per heavy atom. The summed E-state index contributed by atoms with van der Waals surface area (Å²) < 4.78 is 0. The second-order valence-corrected chi connectivity index (χ2v) is 4.54. The van der Waals surface area contributed by atoms with Crippen molar-refractivity contribution in [2.75, 3.05) is 25.1 Å². The minimum Gasteiger partial charge on any atom is -0.480 e. The lowest BCUT2D eigenvalue weighted by Crippen LogP contribution is -2.34. The van der Waals surface area contributed by atoms with Gasteiger partial charge in [-0.05, 0) is 31.9 Å². The van der Waals surface area contributed by atoms with Crippen LogP contribution in [0.3, 0.4) is 0 Å². The van der Waals surface area contributed by atoms with Crippen molar-refractivity contribution in [3.8, 4) is 0 Å². The van der Waals surface area contributed by atoms with Crippen LogP contribution in [-0.4, -0.2) is 47.1 Å². The fraction of sp³-hybridized carbons (Fsp3) is 0.889. The summed E-state index contributed by atoms with van der Waals surface area (Å²) in [6.07, 6.45) is 1.06. The molecule has 1 unspecified atom stereocenters. The molecule has 0 amide bonds. The predicted molar refractivity (Wildman–Crippen MR) is 64.6 cm³/mol. The molecule has 1 atom stereocenters. The summed E-state index contributed by atoms with van der Waals surface area (Å²) in [5.74, 6) is 1.49. The van der Waals surface area contributed by atoms with Gasteiger partial charge in [0.15, 0.2) is 0 Å². The van der Waals surface area contributed by atoms with Gasteiger partial charge in [-0.1, -0.05) is 6.92 Å². The summed E-state index contributed by atoms with van der Waals surface area (Å²) in [6.45, 7) is 4.34. The SMILES string of the molecule is CCSCCC(C)N(C)CC(=O)O.Cl. The largest absolute Gasteiger partial charge is 0.480 e. The van der Waals surface area contributed by atoms with Gasteiger partial charge in [-0.25, -0.2) is 0 Å². The van der Waals surface area contributed by atoms with Crippen molar-refractivity contribution in [3.05, 3.63) is 0 Å². The number of hydrogen-bond acceptors (Lipinski definition) is 3. The van der Waals surface area contributed by atoms with Crippen LogP contribution in [0.15, 0.2) is 0 Å². The van der Waals surface area contributed by atoms with Crippen molar-refractivity contribution in [1.29, 1.82) is 0 Å². The maximum atomic E-state index is 10.4. The van der Waals surface area contributed by atoms with Crippen LogP contribution in [0.5, 0.6) is 0 Å². The molecule has 0 heterocycles. The van der Waals surface area contributed by atoms with E-state index in [0.717, 1.165) is 17.9 Å². The summed E-state index contributed by atoms with van der Waals surface area (Å²) in [5, 5.41) is 8.56. The fourth-order valence-electron chi connectivity index (χ4n) is 0.988. The van der Waals surface area contributed by atoms with Crippen LogP contribution < -0.4 is 0 Å². The van der Waals surface area contributed by atoms with Crippen molar-refractivity contribution in [2.24, 2.45) is 0 Å². The molecule has 0 bridgehead atoms. The zero-order valence-corrected chi connectivity index (χ0v) is 10.7. The predicted octanol–water partition coefficient (Wildman–Crippen LogP) is 1.96. The Morgan fingerprint density at radius 1 is 1.57 bits per heavy atom. The molecule has 86 valence electrons. The third kappa shape index (κ3) is 8.66. The van der Waals surface area contributed by atoms with Crippen LogP contribution >= 0.6 is 24.2 Å². The number of carbonyl (C=O) groups is 1. The number of likely N-dealkylation sites (N-methyl/N-ethyl adjacent to an activating group) is 1. The molecule has 0 saturated heterocycles. The monoisotopic (exact) mass is 241 g/mol. The first-order chi connectivity index (χ1) is 6.07. The molecule has 0 aliphatic heterocycles. The molecule has 0 rings (SSSR count). The van der Waals surface area contributed by atoms with Gasteiger partial charge < -0.3 is 5.11 Å². The van der Waals surface area contributed by atoms with Crippen molar-refractivity contribution < 1.29 is 9.90 Å². The Kier molecular flexibility index (Phi) is 11.3. The van der Waals surface area contributed by atoms with Crippen molar-refractivity contribution in [2.45, 2.75) is 26.3 Å². The Labute approximate surface area is 96.7 Å². The highest BCUT2D eigenvalue weighted by Gasteiger charge is 2.11. The van der Waals surface area contributed by atoms with E-state index in [1.165, 1.54) is 0 Å². The Morgan fingerprint density at radius 2 is 2.14 bits per heavy atom. The second-order valence-electron chi connectivity index (χ2n) is 3.14. The number of nitrogens with zero attached hydrogens (tertiary/aromatic N) is 1. The molecule has 0 aromatic carbocycles. The average molecular weight is 242 g/mol. The molecular formula is C9H20ClNO2S. The molecule has 0 radical (unpaired) electrons. The lowest BCUT2D eigenvalue weighted by Gasteiger charge is -2.22. The van der Waals surface area contributed by atoms with E-state index in [1.54, 1.807) is 0 Å². The van der Waals surface area contributed by atoms with Gasteiger partial charge in [-0.2, -0.15) is 11.8 Å². The summed E-state index contributed by atoms with van der Waals surface area (Å²) in [4.78, 5) is 12.3. The Bertz CT molecular complexity index is 158. The van der Waals surface area contributed by atoms with Crippen LogP contribution in [0.25, 0.3) is 0 Å². The van der Waals surface area contributed by atoms with E-state index < -0.39 is 5.97 Å². The van der Waals surface area contributed by atoms with E-state index >= 15 is 0 Å². The smallest absolute Gasteiger partial charge is 0.317 e. The van der Waals surface area contributed by atoms with E-state index in [4.69, 9.17) is 5.11 Å². The van der Waals surface area contributed by atoms with Gasteiger partial charge in [-0.3, -0.25) is 9.69 Å². The number of halogens is 1. The van der Waals surface area contributed by atoms with Gasteiger partial charge in [0.05, 0.1) is 6.54 Å². The van der Waals surface area contributed by atoms with E-state index in [0.29, 0.717) is 6.04 Å². The fourth-order valence-corrected chi connectivity index (χ4v) is 1.78. The maximum Gasteiger partial charge on any atom is 0.317 e. The summed E-state index contributed by atoms with van der Waals surface area (Å²) >= 11 is 1.90. The summed E-state index contributed by atoms with van der Waals surface area (Å²) in [6, 6.07) is 0.357. The van der Waals surface area contributed by atoms with E-state index in [9.17, 15) is 4.79 Å². The minimum atomic E-state index is -0.752. The third-order valence-electron chi connectivity index (χ3n) is 2.02. The molecular weight excluding hydrogens is 222 g/mol. The van der Waals surface area contributed by atoms with Gasteiger partial charge in [0.2, 0.25) is 0 Å². The molecule has 3 nitrogen and oxygen atoms in total. The Hall–Kier alpha value is 0.0700. The standard InChI is InChI=1S/C9H19NO2S.ClH/c1-4-13-6-5-8(2)10(3)7-9(11)12;/h8H,4-7H2,1-3H3,(H,11,12);1H. The number of hydrogen-bond donors (Lipinski definition) is 1. The number of rotatable bonds is 7. The first-order valence-electron chi connectivity index (χ1n) is 4.57. The van der Waals surface area contributed by atoms with E-state index in [2.05, 4.69) is 13.8 Å². The van der Waals surface area contributed by atoms with Crippen LogP contribution in [-0.2, 0) is 4.79 Å². The van der Waals surface area contributed by atoms with Crippen molar-refractivity contribution in [1.82, 2.24) is 4.90 Å². The molecule has 0 aromatic heterocycles. The zero-order valence-electron chi connectivity index (χ0n) is 9.02. The van der Waals surface area contributed by atoms with Crippen molar-refractivity contribution in [3.63, 3.8) is 0 Å². The third-order valence-corrected chi connectivity index (χ3v) is 2.95. The lowest BCUT2D eigenvalue weighted by molar-refractivity contribution is -0.138. The quantitative estimate of drug-likeness (QED) is 0.692. The normalized spacial score (nSPS) is 12.3.